The van der Waals surface area contributed by atoms with Crippen molar-refractivity contribution >= 4 is 23.6 Å². The van der Waals surface area contributed by atoms with Crippen LogP contribution in [0.3, 0.4) is 0 Å². The summed E-state index contributed by atoms with van der Waals surface area (Å²) in [5.41, 5.74) is 1.17. The van der Waals surface area contributed by atoms with Gasteiger partial charge in [-0.15, -0.1) is 0 Å². The molecule has 3 aromatic rings. The second-order valence-corrected chi connectivity index (χ2v) is 6.88. The van der Waals surface area contributed by atoms with Crippen LogP contribution in [0.4, 0.5) is 5.69 Å². The predicted molar refractivity (Wildman–Crippen MR) is 126 cm³/mol. The van der Waals surface area contributed by atoms with Crippen LogP contribution in [0.1, 0.15) is 15.9 Å². The fourth-order valence-corrected chi connectivity index (χ4v) is 2.94. The first-order valence-corrected chi connectivity index (χ1v) is 10.1. The molecule has 172 valence electrons. The van der Waals surface area contributed by atoms with Crippen LogP contribution in [0, 0.1) is 11.3 Å². The van der Waals surface area contributed by atoms with Crippen molar-refractivity contribution in [2.24, 2.45) is 0 Å². The average molecular weight is 458 g/mol. The Kier molecular flexibility index (Phi) is 7.87. The van der Waals surface area contributed by atoms with Crippen molar-refractivity contribution in [2.45, 2.75) is 0 Å². The molecule has 0 radical (unpaired) electrons. The minimum absolute atomic E-state index is 0.131. The summed E-state index contributed by atoms with van der Waals surface area (Å²) in [5.74, 6) is 0.535. The second-order valence-electron chi connectivity index (χ2n) is 6.88. The number of rotatable bonds is 8. The molecule has 3 aromatic carbocycles. The first kappa shape index (κ1) is 23.9. The van der Waals surface area contributed by atoms with Gasteiger partial charge >= 0.3 is 5.97 Å². The van der Waals surface area contributed by atoms with Gasteiger partial charge in [-0.25, -0.2) is 4.79 Å². The Labute approximate surface area is 196 Å². The van der Waals surface area contributed by atoms with Crippen molar-refractivity contribution in [2.75, 3.05) is 26.6 Å². The minimum Gasteiger partial charge on any atom is -0.497 e. The van der Waals surface area contributed by atoms with Crippen LogP contribution in [-0.2, 0) is 4.79 Å². The van der Waals surface area contributed by atoms with Crippen LogP contribution in [0.2, 0.25) is 0 Å². The Morgan fingerprint density at radius 2 is 1.44 bits per heavy atom. The Morgan fingerprint density at radius 3 is 2.00 bits per heavy atom. The molecule has 34 heavy (non-hydrogen) atoms. The van der Waals surface area contributed by atoms with Gasteiger partial charge in [0.25, 0.3) is 5.91 Å². The lowest BCUT2D eigenvalue weighted by molar-refractivity contribution is -0.112. The zero-order valence-corrected chi connectivity index (χ0v) is 18.8. The highest BCUT2D eigenvalue weighted by Crippen LogP contribution is 2.30. The summed E-state index contributed by atoms with van der Waals surface area (Å²) < 4.78 is 21.0. The van der Waals surface area contributed by atoms with Crippen molar-refractivity contribution in [3.05, 3.63) is 83.4 Å². The highest BCUT2D eigenvalue weighted by molar-refractivity contribution is 6.09. The monoisotopic (exact) mass is 458 g/mol. The smallest absolute Gasteiger partial charge is 0.343 e. The number of benzene rings is 3. The van der Waals surface area contributed by atoms with Crippen molar-refractivity contribution in [3.8, 4) is 29.1 Å². The number of hydrogen-bond donors (Lipinski definition) is 1. The SMILES string of the molecule is COc1ccc(NC(=O)C(C#N)=Cc2ccc(OC)c(OC(=O)c3ccc(OC)cc3)c2)cc1. The molecular formula is C26H22N2O6. The van der Waals surface area contributed by atoms with Crippen LogP contribution in [0.5, 0.6) is 23.0 Å². The summed E-state index contributed by atoms with van der Waals surface area (Å²) in [6.45, 7) is 0. The molecular weight excluding hydrogens is 436 g/mol. The molecule has 0 saturated heterocycles. The van der Waals surface area contributed by atoms with E-state index in [0.29, 0.717) is 34.1 Å². The summed E-state index contributed by atoms with van der Waals surface area (Å²) >= 11 is 0. The van der Waals surface area contributed by atoms with Gasteiger partial charge in [0.05, 0.1) is 26.9 Å². The fourth-order valence-electron chi connectivity index (χ4n) is 2.94. The van der Waals surface area contributed by atoms with E-state index in [9.17, 15) is 14.9 Å². The van der Waals surface area contributed by atoms with E-state index < -0.39 is 11.9 Å². The molecule has 3 rings (SSSR count). The van der Waals surface area contributed by atoms with Gasteiger partial charge in [0, 0.05) is 5.69 Å². The third-order valence-corrected chi connectivity index (χ3v) is 4.74. The van der Waals surface area contributed by atoms with Crippen LogP contribution in [0.25, 0.3) is 6.08 Å². The van der Waals surface area contributed by atoms with Crippen molar-refractivity contribution < 1.29 is 28.5 Å². The molecule has 0 heterocycles. The highest BCUT2D eigenvalue weighted by Gasteiger charge is 2.15. The number of nitrogens with zero attached hydrogens (tertiary/aromatic N) is 1. The van der Waals surface area contributed by atoms with Crippen LogP contribution >= 0.6 is 0 Å². The number of amides is 1. The molecule has 0 fully saturated rings. The number of esters is 1. The zero-order valence-electron chi connectivity index (χ0n) is 18.8. The summed E-state index contributed by atoms with van der Waals surface area (Å²) in [7, 11) is 4.52. The molecule has 0 aromatic heterocycles. The maximum Gasteiger partial charge on any atom is 0.343 e. The molecule has 0 aliphatic carbocycles. The maximum absolute atomic E-state index is 12.6. The number of hydrogen-bond acceptors (Lipinski definition) is 7. The molecule has 1 amide bonds. The molecule has 1 N–H and O–H groups in total. The van der Waals surface area contributed by atoms with E-state index in [1.165, 1.54) is 26.4 Å². The third-order valence-electron chi connectivity index (χ3n) is 4.74. The van der Waals surface area contributed by atoms with Crippen molar-refractivity contribution in [1.29, 1.82) is 5.26 Å². The van der Waals surface area contributed by atoms with Crippen LogP contribution in [0.15, 0.2) is 72.3 Å². The summed E-state index contributed by atoms with van der Waals surface area (Å²) in [6.07, 6.45) is 1.39. The molecule has 0 unspecified atom stereocenters. The molecule has 8 heteroatoms. The van der Waals surface area contributed by atoms with E-state index in [0.717, 1.165) is 0 Å². The van der Waals surface area contributed by atoms with Gasteiger partial charge in [0.1, 0.15) is 23.1 Å². The summed E-state index contributed by atoms with van der Waals surface area (Å²) in [4.78, 5) is 25.1. The molecule has 0 atom stereocenters. The van der Waals surface area contributed by atoms with Crippen LogP contribution in [-0.4, -0.2) is 33.2 Å². The molecule has 8 nitrogen and oxygen atoms in total. The lowest BCUT2D eigenvalue weighted by atomic mass is 10.1. The lowest BCUT2D eigenvalue weighted by Crippen LogP contribution is -2.13. The fraction of sp³-hybridized carbons (Fsp3) is 0.115. The predicted octanol–water partition coefficient (Wildman–Crippen LogP) is 4.48. The van der Waals surface area contributed by atoms with Gasteiger partial charge in [-0.2, -0.15) is 5.26 Å². The van der Waals surface area contributed by atoms with Gasteiger partial charge in [-0.05, 0) is 72.3 Å². The maximum atomic E-state index is 12.6. The number of nitriles is 1. The van der Waals surface area contributed by atoms with E-state index in [-0.39, 0.29) is 11.3 Å². The Balaban J connectivity index is 1.81. The molecule has 0 spiro atoms. The van der Waals surface area contributed by atoms with E-state index in [1.54, 1.807) is 67.8 Å². The lowest BCUT2D eigenvalue weighted by Gasteiger charge is -2.11. The van der Waals surface area contributed by atoms with Gasteiger partial charge < -0.3 is 24.3 Å². The number of carbonyl (C=O) groups excluding carboxylic acids is 2. The first-order valence-electron chi connectivity index (χ1n) is 10.1. The third kappa shape index (κ3) is 5.93. The highest BCUT2D eigenvalue weighted by atomic mass is 16.6. The molecule has 0 bridgehead atoms. The minimum atomic E-state index is -0.597. The zero-order chi connectivity index (χ0) is 24.5. The Morgan fingerprint density at radius 1 is 0.824 bits per heavy atom. The molecule has 0 aliphatic rings. The first-order chi connectivity index (χ1) is 16.5. The van der Waals surface area contributed by atoms with Gasteiger partial charge in [0.2, 0.25) is 0 Å². The number of nitrogens with one attached hydrogen (secondary N) is 1. The number of ether oxygens (including phenoxy) is 4. The summed E-state index contributed by atoms with van der Waals surface area (Å²) in [5, 5.41) is 12.2. The standard InChI is InChI=1S/C26H22N2O6/c1-31-21-9-5-18(6-10-21)26(30)34-24-15-17(4-13-23(24)33-3)14-19(16-27)25(29)28-20-7-11-22(32-2)12-8-20/h4-15H,1-3H3,(H,28,29). The van der Waals surface area contributed by atoms with E-state index in [2.05, 4.69) is 5.32 Å². The Hall–Kier alpha value is -4.77. The average Bonchev–Trinajstić information content (AvgIpc) is 2.87. The second kappa shape index (κ2) is 11.2. The molecule has 0 aliphatic heterocycles. The van der Waals surface area contributed by atoms with Crippen molar-refractivity contribution in [1.82, 2.24) is 0 Å². The van der Waals surface area contributed by atoms with Crippen LogP contribution < -0.4 is 24.3 Å². The Bertz CT molecular complexity index is 1240. The summed E-state index contributed by atoms with van der Waals surface area (Å²) in [6, 6.07) is 19.8. The van der Waals surface area contributed by atoms with Crippen molar-refractivity contribution in [3.63, 3.8) is 0 Å². The van der Waals surface area contributed by atoms with Gasteiger partial charge in [-0.3, -0.25) is 4.79 Å². The largest absolute Gasteiger partial charge is 0.497 e. The van der Waals surface area contributed by atoms with Gasteiger partial charge in [-0.1, -0.05) is 6.07 Å². The van der Waals surface area contributed by atoms with Gasteiger partial charge in [0.15, 0.2) is 11.5 Å². The van der Waals surface area contributed by atoms with E-state index in [1.807, 2.05) is 6.07 Å². The number of carbonyl (C=O) groups is 2. The normalized spacial score (nSPS) is 10.6. The number of methoxy groups -OCH3 is 3. The quantitative estimate of drug-likeness (QED) is 0.230. The van der Waals surface area contributed by atoms with E-state index >= 15 is 0 Å². The number of anilines is 1. The molecule has 0 saturated carbocycles. The topological polar surface area (TPSA) is 107 Å². The van der Waals surface area contributed by atoms with E-state index in [4.69, 9.17) is 18.9 Å².